The number of hydrogen-bond acceptors (Lipinski definition) is 4. The molecule has 0 saturated heterocycles. The number of nitrogens with zero attached hydrogens (tertiary/aromatic N) is 1. The average molecular weight is 290 g/mol. The predicted molar refractivity (Wildman–Crippen MR) is 80.0 cm³/mol. The fourth-order valence-electron chi connectivity index (χ4n) is 1.77. The van der Waals surface area contributed by atoms with E-state index < -0.39 is 0 Å². The molecule has 1 heterocycles. The summed E-state index contributed by atoms with van der Waals surface area (Å²) in [4.78, 5) is 16.1. The second-order valence-electron chi connectivity index (χ2n) is 4.51. The van der Waals surface area contributed by atoms with Crippen molar-refractivity contribution in [3.05, 3.63) is 45.9 Å². The van der Waals surface area contributed by atoms with Crippen LogP contribution in [0.3, 0.4) is 0 Å². The topological polar surface area (TPSA) is 51.2 Å². The number of aryl methyl sites for hydroxylation is 2. The predicted octanol–water partition coefficient (Wildman–Crippen LogP) is 2.71. The molecule has 1 N–H and O–H groups in total. The fourth-order valence-corrected chi connectivity index (χ4v) is 2.55. The standard InChI is InChI=1S/C15H18N2O2S/c1-11-10-20-15(17-11)8-7-14(18)16-9-12-3-5-13(19-2)6-4-12/h3-6,10H,7-9H2,1-2H3,(H,16,18). The molecule has 1 aromatic heterocycles. The van der Waals surface area contributed by atoms with Crippen molar-refractivity contribution >= 4 is 17.2 Å². The van der Waals surface area contributed by atoms with E-state index in [0.29, 0.717) is 19.4 Å². The quantitative estimate of drug-likeness (QED) is 0.890. The third-order valence-corrected chi connectivity index (χ3v) is 3.91. The van der Waals surface area contributed by atoms with Crippen molar-refractivity contribution in [2.24, 2.45) is 0 Å². The zero-order valence-corrected chi connectivity index (χ0v) is 12.5. The van der Waals surface area contributed by atoms with E-state index in [1.54, 1.807) is 18.4 Å². The first-order chi connectivity index (χ1) is 9.67. The number of nitrogens with one attached hydrogen (secondary N) is 1. The van der Waals surface area contributed by atoms with Crippen LogP contribution in [0.5, 0.6) is 5.75 Å². The molecule has 0 aliphatic heterocycles. The lowest BCUT2D eigenvalue weighted by Crippen LogP contribution is -2.22. The third-order valence-electron chi connectivity index (χ3n) is 2.88. The molecule has 0 atom stereocenters. The van der Waals surface area contributed by atoms with Gasteiger partial charge in [-0.2, -0.15) is 0 Å². The fraction of sp³-hybridized carbons (Fsp3) is 0.333. The Labute approximate surface area is 122 Å². The van der Waals surface area contributed by atoms with Crippen molar-refractivity contribution in [2.45, 2.75) is 26.3 Å². The first-order valence-electron chi connectivity index (χ1n) is 6.48. The molecule has 0 aliphatic carbocycles. The van der Waals surface area contributed by atoms with Gasteiger partial charge in [0.05, 0.1) is 12.1 Å². The van der Waals surface area contributed by atoms with Gasteiger partial charge in [-0.15, -0.1) is 11.3 Å². The Morgan fingerprint density at radius 1 is 1.35 bits per heavy atom. The van der Waals surface area contributed by atoms with Gasteiger partial charge < -0.3 is 10.1 Å². The maximum Gasteiger partial charge on any atom is 0.220 e. The molecule has 4 nitrogen and oxygen atoms in total. The number of benzene rings is 1. The van der Waals surface area contributed by atoms with Gasteiger partial charge in [-0.05, 0) is 24.6 Å². The highest BCUT2D eigenvalue weighted by molar-refractivity contribution is 7.09. The maximum atomic E-state index is 11.8. The van der Waals surface area contributed by atoms with Crippen LogP contribution in [0.4, 0.5) is 0 Å². The van der Waals surface area contributed by atoms with Crippen LogP contribution in [0.2, 0.25) is 0 Å². The Kier molecular flexibility index (Phi) is 5.12. The van der Waals surface area contributed by atoms with E-state index >= 15 is 0 Å². The molecule has 5 heteroatoms. The van der Waals surface area contributed by atoms with E-state index in [0.717, 1.165) is 22.0 Å². The molecule has 0 fully saturated rings. The lowest BCUT2D eigenvalue weighted by molar-refractivity contribution is -0.121. The number of ether oxygens (including phenoxy) is 1. The highest BCUT2D eigenvalue weighted by Crippen LogP contribution is 2.12. The van der Waals surface area contributed by atoms with E-state index in [2.05, 4.69) is 10.3 Å². The van der Waals surface area contributed by atoms with Gasteiger partial charge in [0.1, 0.15) is 5.75 Å². The second-order valence-corrected chi connectivity index (χ2v) is 5.45. The van der Waals surface area contributed by atoms with Gasteiger partial charge in [0.2, 0.25) is 5.91 Å². The molecular formula is C15H18N2O2S. The van der Waals surface area contributed by atoms with Crippen molar-refractivity contribution in [1.29, 1.82) is 0 Å². The van der Waals surface area contributed by atoms with E-state index in [4.69, 9.17) is 4.74 Å². The molecule has 2 rings (SSSR count). The second kappa shape index (κ2) is 7.05. The van der Waals surface area contributed by atoms with Crippen LogP contribution in [-0.4, -0.2) is 18.0 Å². The molecule has 1 aromatic carbocycles. The van der Waals surface area contributed by atoms with Gasteiger partial charge in [-0.3, -0.25) is 4.79 Å². The van der Waals surface area contributed by atoms with Crippen LogP contribution in [0, 0.1) is 6.92 Å². The minimum absolute atomic E-state index is 0.0497. The van der Waals surface area contributed by atoms with E-state index in [-0.39, 0.29) is 5.91 Å². The normalized spacial score (nSPS) is 10.3. The number of carbonyl (C=O) groups excluding carboxylic acids is 1. The summed E-state index contributed by atoms with van der Waals surface area (Å²) >= 11 is 1.61. The zero-order chi connectivity index (χ0) is 14.4. The molecular weight excluding hydrogens is 272 g/mol. The van der Waals surface area contributed by atoms with Crippen molar-refractivity contribution in [3.8, 4) is 5.75 Å². The minimum Gasteiger partial charge on any atom is -0.497 e. The monoisotopic (exact) mass is 290 g/mol. The van der Waals surface area contributed by atoms with E-state index in [1.807, 2.05) is 36.6 Å². The lowest BCUT2D eigenvalue weighted by atomic mass is 10.2. The number of thiazole rings is 1. The van der Waals surface area contributed by atoms with Gasteiger partial charge in [0.15, 0.2) is 0 Å². The van der Waals surface area contributed by atoms with Crippen LogP contribution in [0.1, 0.15) is 22.7 Å². The number of rotatable bonds is 6. The number of hydrogen-bond donors (Lipinski definition) is 1. The van der Waals surface area contributed by atoms with Gasteiger partial charge in [-0.25, -0.2) is 4.98 Å². The molecule has 1 amide bonds. The Balaban J connectivity index is 1.74. The summed E-state index contributed by atoms with van der Waals surface area (Å²) in [6, 6.07) is 7.67. The van der Waals surface area contributed by atoms with E-state index in [1.165, 1.54) is 0 Å². The van der Waals surface area contributed by atoms with Crippen LogP contribution < -0.4 is 10.1 Å². The Hall–Kier alpha value is -1.88. The minimum atomic E-state index is 0.0497. The molecule has 106 valence electrons. The van der Waals surface area contributed by atoms with Gasteiger partial charge in [0, 0.05) is 30.5 Å². The van der Waals surface area contributed by atoms with Gasteiger partial charge in [-0.1, -0.05) is 12.1 Å². The summed E-state index contributed by atoms with van der Waals surface area (Å²) in [6.45, 7) is 2.50. The Morgan fingerprint density at radius 3 is 2.70 bits per heavy atom. The van der Waals surface area contributed by atoms with Crippen molar-refractivity contribution in [2.75, 3.05) is 7.11 Å². The summed E-state index contributed by atoms with van der Waals surface area (Å²) in [5, 5.41) is 5.93. The Morgan fingerprint density at radius 2 is 2.10 bits per heavy atom. The molecule has 0 unspecified atom stereocenters. The van der Waals surface area contributed by atoms with Gasteiger partial charge in [0.25, 0.3) is 0 Å². The summed E-state index contributed by atoms with van der Waals surface area (Å²) in [6.07, 6.45) is 1.18. The summed E-state index contributed by atoms with van der Waals surface area (Å²) in [5.74, 6) is 0.868. The zero-order valence-electron chi connectivity index (χ0n) is 11.7. The lowest BCUT2D eigenvalue weighted by Gasteiger charge is -2.05. The van der Waals surface area contributed by atoms with Crippen molar-refractivity contribution in [3.63, 3.8) is 0 Å². The highest BCUT2D eigenvalue weighted by Gasteiger charge is 2.05. The largest absolute Gasteiger partial charge is 0.497 e. The van der Waals surface area contributed by atoms with Crippen LogP contribution in [0.25, 0.3) is 0 Å². The van der Waals surface area contributed by atoms with Crippen molar-refractivity contribution < 1.29 is 9.53 Å². The SMILES string of the molecule is COc1ccc(CNC(=O)CCc2nc(C)cs2)cc1. The maximum absolute atomic E-state index is 11.8. The first-order valence-corrected chi connectivity index (χ1v) is 7.36. The van der Waals surface area contributed by atoms with Crippen LogP contribution in [-0.2, 0) is 17.8 Å². The molecule has 0 saturated carbocycles. The smallest absolute Gasteiger partial charge is 0.220 e. The highest BCUT2D eigenvalue weighted by atomic mass is 32.1. The molecule has 2 aromatic rings. The molecule has 20 heavy (non-hydrogen) atoms. The molecule has 0 radical (unpaired) electrons. The molecule has 0 aliphatic rings. The number of aromatic nitrogens is 1. The summed E-state index contributed by atoms with van der Waals surface area (Å²) in [5.41, 5.74) is 2.08. The molecule has 0 spiro atoms. The number of amides is 1. The molecule has 0 bridgehead atoms. The first kappa shape index (κ1) is 14.5. The van der Waals surface area contributed by atoms with Crippen LogP contribution in [0.15, 0.2) is 29.6 Å². The van der Waals surface area contributed by atoms with Gasteiger partial charge >= 0.3 is 0 Å². The average Bonchev–Trinajstić information content (AvgIpc) is 2.89. The third kappa shape index (κ3) is 4.35. The summed E-state index contributed by atoms with van der Waals surface area (Å²) < 4.78 is 5.09. The number of methoxy groups -OCH3 is 1. The van der Waals surface area contributed by atoms with Crippen LogP contribution >= 0.6 is 11.3 Å². The van der Waals surface area contributed by atoms with Crippen molar-refractivity contribution in [1.82, 2.24) is 10.3 Å². The van der Waals surface area contributed by atoms with E-state index in [9.17, 15) is 4.79 Å². The summed E-state index contributed by atoms with van der Waals surface area (Å²) in [7, 11) is 1.64. The Bertz CT molecular complexity index is 564. The number of carbonyl (C=O) groups is 1.